The molecule has 3 aromatic rings. The van der Waals surface area contributed by atoms with E-state index in [9.17, 15) is 24.3 Å². The summed E-state index contributed by atoms with van der Waals surface area (Å²) in [6, 6.07) is 16.0. The minimum atomic E-state index is -0.976. The van der Waals surface area contributed by atoms with Gasteiger partial charge in [0.15, 0.2) is 0 Å². The number of phenolic OH excluding ortho intramolecular Hbond substituents is 1. The molecule has 0 aromatic heterocycles. The molecular formula is C44H50FN5O6. The highest BCUT2D eigenvalue weighted by molar-refractivity contribution is 6.23. The van der Waals surface area contributed by atoms with Crippen LogP contribution in [0, 0.1) is 23.6 Å². The van der Waals surface area contributed by atoms with E-state index in [0.717, 1.165) is 114 Å². The van der Waals surface area contributed by atoms with E-state index in [-0.39, 0.29) is 30.3 Å². The van der Waals surface area contributed by atoms with E-state index in [0.29, 0.717) is 34.6 Å². The van der Waals surface area contributed by atoms with Crippen LogP contribution < -0.4 is 15.1 Å². The largest absolute Gasteiger partial charge is 0.508 e. The van der Waals surface area contributed by atoms with E-state index in [4.69, 9.17) is 4.74 Å². The van der Waals surface area contributed by atoms with Crippen LogP contribution in [0.1, 0.15) is 88.3 Å². The minimum Gasteiger partial charge on any atom is -0.508 e. The summed E-state index contributed by atoms with van der Waals surface area (Å²) < 4.78 is 21.8. The van der Waals surface area contributed by atoms with Crippen LogP contribution in [0.2, 0.25) is 0 Å². The normalized spacial score (nSPS) is 25.4. The third-order valence-corrected chi connectivity index (χ3v) is 13.5. The number of nitrogens with one attached hydrogen (secondary N) is 1. The van der Waals surface area contributed by atoms with Gasteiger partial charge in [-0.15, -0.1) is 0 Å². The van der Waals surface area contributed by atoms with Gasteiger partial charge in [-0.1, -0.05) is 12.1 Å². The fraction of sp³-hybridized carbons (Fsp3) is 0.500. The summed E-state index contributed by atoms with van der Waals surface area (Å²) in [4.78, 5) is 58.5. The number of imide groups is 2. The highest BCUT2D eigenvalue weighted by Crippen LogP contribution is 2.48. The number of hydrogen-bond acceptors (Lipinski definition) is 9. The number of amides is 4. The molecule has 4 saturated heterocycles. The van der Waals surface area contributed by atoms with Crippen LogP contribution >= 0.6 is 0 Å². The number of ether oxygens (including phenoxy) is 1. The summed E-state index contributed by atoms with van der Waals surface area (Å²) in [5, 5.41) is 12.5. The molecule has 4 amide bonds. The first-order valence-electron chi connectivity index (χ1n) is 20.5. The molecule has 3 aromatic carbocycles. The quantitative estimate of drug-likeness (QED) is 0.317. The molecule has 12 heteroatoms. The number of aromatic hydroxyl groups is 1. The Kier molecular flexibility index (Phi) is 10.0. The molecule has 4 fully saturated rings. The number of nitrogens with zero attached hydrogens (tertiary/aromatic N) is 4. The summed E-state index contributed by atoms with van der Waals surface area (Å²) in [7, 11) is 0. The van der Waals surface area contributed by atoms with Crippen LogP contribution in [0.3, 0.4) is 0 Å². The zero-order valence-electron chi connectivity index (χ0n) is 31.8. The molecule has 0 saturated carbocycles. The van der Waals surface area contributed by atoms with Gasteiger partial charge in [0.05, 0.1) is 16.8 Å². The van der Waals surface area contributed by atoms with Gasteiger partial charge < -0.3 is 19.6 Å². The second-order valence-electron chi connectivity index (χ2n) is 16.6. The van der Waals surface area contributed by atoms with Gasteiger partial charge in [0.2, 0.25) is 11.8 Å². The van der Waals surface area contributed by atoms with Crippen molar-refractivity contribution in [1.82, 2.24) is 15.1 Å². The number of phenols is 1. The number of carbonyl (C=O) groups is 4. The maximum absolute atomic E-state index is 16.1. The maximum Gasteiger partial charge on any atom is 0.262 e. The van der Waals surface area contributed by atoms with Gasteiger partial charge >= 0.3 is 0 Å². The van der Waals surface area contributed by atoms with Crippen molar-refractivity contribution in [2.45, 2.75) is 63.3 Å². The summed E-state index contributed by atoms with van der Waals surface area (Å²) in [6.07, 6.45) is 6.25. The number of rotatable bonds is 7. The molecule has 5 aliphatic heterocycles. The van der Waals surface area contributed by atoms with Gasteiger partial charge in [0.25, 0.3) is 11.8 Å². The van der Waals surface area contributed by atoms with Gasteiger partial charge in [-0.2, -0.15) is 0 Å². The first kappa shape index (κ1) is 36.8. The molecule has 2 N–H and O–H groups in total. The Hall–Kier alpha value is -4.81. The van der Waals surface area contributed by atoms with Crippen molar-refractivity contribution in [3.05, 3.63) is 88.2 Å². The Labute approximate surface area is 326 Å². The lowest BCUT2D eigenvalue weighted by Gasteiger charge is -2.41. The van der Waals surface area contributed by atoms with Crippen LogP contribution in [-0.4, -0.2) is 104 Å². The fourth-order valence-corrected chi connectivity index (χ4v) is 10.4. The average Bonchev–Trinajstić information content (AvgIpc) is 3.46. The van der Waals surface area contributed by atoms with Crippen molar-refractivity contribution in [2.75, 3.05) is 68.8 Å². The van der Waals surface area contributed by atoms with Gasteiger partial charge in [0, 0.05) is 77.1 Å². The number of hydrogen-bond donors (Lipinski definition) is 2. The number of anilines is 2. The van der Waals surface area contributed by atoms with E-state index >= 15 is 4.39 Å². The standard InChI is InChI=1S/C44H50FN5O6/c45-37-24-30(41-33(28-13-21-56-22-14-28)5-1-29-23-32(51)4-7-34(29)41)2-8-38(37)49-15-11-27(12-16-49)26-47-17-19-48(20-18-47)31-3-6-35-36(25-31)44(55)50(43(35)54)39-9-10-40(52)46-42(39)53/h2-4,6-8,23-25,27-28,33,39,41,51H,1,5,9-22,26H2,(H,46,52,53)/t33-,39+,41+/m1/s1. The maximum atomic E-state index is 16.1. The Bertz CT molecular complexity index is 2040. The zero-order chi connectivity index (χ0) is 38.5. The van der Waals surface area contributed by atoms with Crippen molar-refractivity contribution in [3.63, 3.8) is 0 Å². The Morgan fingerprint density at radius 1 is 0.750 bits per heavy atom. The number of piperazine rings is 1. The molecule has 0 bridgehead atoms. The lowest BCUT2D eigenvalue weighted by molar-refractivity contribution is -0.136. The number of carbonyl (C=O) groups excluding carboxylic acids is 4. The van der Waals surface area contributed by atoms with E-state index in [2.05, 4.69) is 32.1 Å². The Morgan fingerprint density at radius 3 is 2.27 bits per heavy atom. The SMILES string of the molecule is O=C1CC[C@H](N2C(=O)c3ccc(N4CCN(CC5CCN(c6ccc([C@@H]7c8ccc(O)cc8CC[C@@H]7C7CCOCC7)cc6F)CC5)CC4)cc3C2=O)C(=O)N1. The average molecular weight is 764 g/mol. The molecule has 0 radical (unpaired) electrons. The predicted molar refractivity (Wildman–Crippen MR) is 208 cm³/mol. The van der Waals surface area contributed by atoms with E-state index in [1.807, 2.05) is 18.2 Å². The monoisotopic (exact) mass is 763 g/mol. The van der Waals surface area contributed by atoms with Crippen LogP contribution in [0.5, 0.6) is 5.75 Å². The highest BCUT2D eigenvalue weighted by Gasteiger charge is 2.45. The molecule has 9 rings (SSSR count). The minimum absolute atomic E-state index is 0.0907. The molecule has 294 valence electrons. The summed E-state index contributed by atoms with van der Waals surface area (Å²) >= 11 is 0. The summed E-state index contributed by atoms with van der Waals surface area (Å²) in [6.45, 7) is 7.52. The first-order valence-corrected chi connectivity index (χ1v) is 20.5. The molecular weight excluding hydrogens is 714 g/mol. The Balaban J connectivity index is 0.795. The number of piperidine rings is 2. The van der Waals surface area contributed by atoms with Crippen LogP contribution in [0.25, 0.3) is 0 Å². The predicted octanol–water partition coefficient (Wildman–Crippen LogP) is 5.09. The summed E-state index contributed by atoms with van der Waals surface area (Å²) in [5.41, 5.74) is 5.57. The zero-order valence-corrected chi connectivity index (χ0v) is 31.8. The number of aryl methyl sites for hydroxylation is 1. The molecule has 3 atom stereocenters. The lowest BCUT2D eigenvalue weighted by atomic mass is 9.65. The Morgan fingerprint density at radius 2 is 1.52 bits per heavy atom. The molecule has 0 spiro atoms. The van der Waals surface area contributed by atoms with Crippen LogP contribution in [0.4, 0.5) is 15.8 Å². The van der Waals surface area contributed by atoms with Crippen molar-refractivity contribution >= 4 is 35.0 Å². The highest BCUT2D eigenvalue weighted by atomic mass is 19.1. The second kappa shape index (κ2) is 15.3. The molecule has 11 nitrogen and oxygen atoms in total. The summed E-state index contributed by atoms with van der Waals surface area (Å²) in [5.74, 6) is -0.270. The fourth-order valence-electron chi connectivity index (χ4n) is 10.4. The van der Waals surface area contributed by atoms with Gasteiger partial charge in [-0.05, 0) is 122 Å². The van der Waals surface area contributed by atoms with E-state index in [1.165, 1.54) is 11.1 Å². The van der Waals surface area contributed by atoms with Crippen molar-refractivity contribution in [3.8, 4) is 5.75 Å². The molecule has 5 heterocycles. The molecule has 0 unspecified atom stereocenters. The molecule has 6 aliphatic rings. The number of benzene rings is 3. The third kappa shape index (κ3) is 6.95. The van der Waals surface area contributed by atoms with Crippen LogP contribution in [-0.2, 0) is 20.7 Å². The van der Waals surface area contributed by atoms with Crippen molar-refractivity contribution in [1.29, 1.82) is 0 Å². The van der Waals surface area contributed by atoms with Gasteiger partial charge in [-0.3, -0.25) is 34.3 Å². The van der Waals surface area contributed by atoms with Gasteiger partial charge in [-0.25, -0.2) is 4.39 Å². The number of fused-ring (bicyclic) bond motifs is 2. The van der Waals surface area contributed by atoms with E-state index in [1.54, 1.807) is 24.3 Å². The van der Waals surface area contributed by atoms with Gasteiger partial charge in [0.1, 0.15) is 17.6 Å². The smallest absolute Gasteiger partial charge is 0.262 e. The second-order valence-corrected chi connectivity index (χ2v) is 16.6. The lowest BCUT2D eigenvalue weighted by Crippen LogP contribution is -2.54. The first-order chi connectivity index (χ1) is 27.2. The molecule has 1 aliphatic carbocycles. The van der Waals surface area contributed by atoms with E-state index < -0.39 is 29.7 Å². The van der Waals surface area contributed by atoms with Crippen molar-refractivity contribution in [2.24, 2.45) is 17.8 Å². The van der Waals surface area contributed by atoms with Crippen LogP contribution in [0.15, 0.2) is 54.6 Å². The topological polar surface area (TPSA) is 123 Å². The number of halogens is 1. The molecule has 56 heavy (non-hydrogen) atoms. The van der Waals surface area contributed by atoms with Crippen molar-refractivity contribution < 1.29 is 33.4 Å². The third-order valence-electron chi connectivity index (χ3n) is 13.5.